The van der Waals surface area contributed by atoms with Crippen LogP contribution in [0.1, 0.15) is 18.3 Å². The third-order valence-electron chi connectivity index (χ3n) is 2.86. The van der Waals surface area contributed by atoms with Gasteiger partial charge in [0.25, 0.3) is 0 Å². The van der Waals surface area contributed by atoms with E-state index in [1.807, 2.05) is 13.2 Å². The predicted octanol–water partition coefficient (Wildman–Crippen LogP) is 0.621. The van der Waals surface area contributed by atoms with E-state index in [4.69, 9.17) is 0 Å². The molecule has 0 radical (unpaired) electrons. The highest BCUT2D eigenvalue weighted by molar-refractivity contribution is 5.36. The second-order valence-electron chi connectivity index (χ2n) is 3.89. The summed E-state index contributed by atoms with van der Waals surface area (Å²) in [7, 11) is 2.05. The van der Waals surface area contributed by atoms with Crippen molar-refractivity contribution in [3.63, 3.8) is 0 Å². The van der Waals surface area contributed by atoms with Crippen molar-refractivity contribution in [1.82, 2.24) is 15.3 Å². The summed E-state index contributed by atoms with van der Waals surface area (Å²) in [5.74, 6) is 0.984. The Kier molecular flexibility index (Phi) is 3.16. The maximum absolute atomic E-state index is 4.67. The Morgan fingerprint density at radius 3 is 2.80 bits per heavy atom. The smallest absolute Gasteiger partial charge is 0.147 e. The van der Waals surface area contributed by atoms with E-state index in [2.05, 4.69) is 27.1 Å². The second-order valence-corrected chi connectivity index (χ2v) is 3.89. The maximum atomic E-state index is 4.67. The van der Waals surface area contributed by atoms with Gasteiger partial charge in [0.05, 0.1) is 17.6 Å². The Balaban J connectivity index is 2.27. The summed E-state index contributed by atoms with van der Waals surface area (Å²) in [5.41, 5.74) is 2.33. The van der Waals surface area contributed by atoms with Crippen LogP contribution in [0.3, 0.4) is 0 Å². The quantitative estimate of drug-likeness (QED) is 0.770. The average molecular weight is 206 g/mol. The highest BCUT2D eigenvalue weighted by atomic mass is 15.2. The summed E-state index contributed by atoms with van der Waals surface area (Å²) in [4.78, 5) is 11.3. The molecule has 0 aliphatic carbocycles. The van der Waals surface area contributed by atoms with Gasteiger partial charge in [0.15, 0.2) is 0 Å². The molecule has 1 aromatic rings. The van der Waals surface area contributed by atoms with Gasteiger partial charge in [-0.15, -0.1) is 0 Å². The molecule has 0 saturated heterocycles. The van der Waals surface area contributed by atoms with Gasteiger partial charge >= 0.3 is 0 Å². The zero-order chi connectivity index (χ0) is 10.7. The molecule has 2 heterocycles. The molecule has 0 amide bonds. The minimum Gasteiger partial charge on any atom is -0.359 e. The molecule has 0 saturated carbocycles. The number of aromatic nitrogens is 2. The minimum atomic E-state index is 0.964. The molecule has 1 N–H and O–H groups in total. The van der Waals surface area contributed by atoms with Crippen LogP contribution in [0.5, 0.6) is 0 Å². The lowest BCUT2D eigenvalue weighted by molar-refractivity contribution is 0.706. The molecule has 82 valence electrons. The van der Waals surface area contributed by atoms with E-state index in [0.29, 0.717) is 0 Å². The molecule has 4 heteroatoms. The molecule has 15 heavy (non-hydrogen) atoms. The fraction of sp³-hybridized carbons (Fsp3) is 0.636. The molecule has 0 bridgehead atoms. The van der Waals surface area contributed by atoms with Gasteiger partial charge in [-0.25, -0.2) is 4.98 Å². The van der Waals surface area contributed by atoms with Crippen molar-refractivity contribution in [2.45, 2.75) is 19.8 Å². The SMILES string of the molecule is CCN(C)c1cnc2c(n1)CCNCC2. The summed E-state index contributed by atoms with van der Waals surface area (Å²) >= 11 is 0. The van der Waals surface area contributed by atoms with Crippen LogP contribution in [0, 0.1) is 0 Å². The molecule has 0 atom stereocenters. The Bertz CT molecular complexity index is 337. The van der Waals surface area contributed by atoms with Crippen molar-refractivity contribution in [3.8, 4) is 0 Å². The number of nitrogens with one attached hydrogen (secondary N) is 1. The zero-order valence-electron chi connectivity index (χ0n) is 9.45. The third-order valence-corrected chi connectivity index (χ3v) is 2.86. The number of rotatable bonds is 2. The molecule has 2 rings (SSSR count). The lowest BCUT2D eigenvalue weighted by Crippen LogP contribution is -2.19. The molecular formula is C11H18N4. The monoisotopic (exact) mass is 206 g/mol. The van der Waals surface area contributed by atoms with Gasteiger partial charge in [-0.2, -0.15) is 0 Å². The number of anilines is 1. The molecule has 1 aromatic heterocycles. The van der Waals surface area contributed by atoms with Gasteiger partial charge < -0.3 is 10.2 Å². The molecule has 0 fully saturated rings. The fourth-order valence-corrected chi connectivity index (χ4v) is 1.74. The highest BCUT2D eigenvalue weighted by Crippen LogP contribution is 2.13. The molecule has 0 aromatic carbocycles. The fourth-order valence-electron chi connectivity index (χ4n) is 1.74. The van der Waals surface area contributed by atoms with Gasteiger partial charge in [-0.05, 0) is 6.92 Å². The van der Waals surface area contributed by atoms with E-state index in [0.717, 1.165) is 49.7 Å². The second kappa shape index (κ2) is 4.57. The summed E-state index contributed by atoms with van der Waals surface area (Å²) < 4.78 is 0. The Hall–Kier alpha value is -1.16. The van der Waals surface area contributed by atoms with Crippen molar-refractivity contribution in [2.75, 3.05) is 31.6 Å². The number of hydrogen-bond donors (Lipinski definition) is 1. The standard InChI is InChI=1S/C11H18N4/c1-3-15(2)11-8-13-9-4-6-12-7-5-10(9)14-11/h8,12H,3-7H2,1-2H3. The largest absolute Gasteiger partial charge is 0.359 e. The Morgan fingerprint density at radius 1 is 1.33 bits per heavy atom. The van der Waals surface area contributed by atoms with Crippen LogP contribution in [0.25, 0.3) is 0 Å². The molecular weight excluding hydrogens is 188 g/mol. The highest BCUT2D eigenvalue weighted by Gasteiger charge is 2.11. The first kappa shape index (κ1) is 10.4. The lowest BCUT2D eigenvalue weighted by atomic mass is 10.2. The molecule has 1 aliphatic heterocycles. The summed E-state index contributed by atoms with van der Waals surface area (Å²) in [6.45, 7) is 5.12. The first-order chi connectivity index (χ1) is 7.31. The Morgan fingerprint density at radius 2 is 2.07 bits per heavy atom. The maximum Gasteiger partial charge on any atom is 0.147 e. The van der Waals surface area contributed by atoms with Crippen LogP contribution >= 0.6 is 0 Å². The molecule has 0 spiro atoms. The van der Waals surface area contributed by atoms with Gasteiger partial charge in [0, 0.05) is 39.5 Å². The van der Waals surface area contributed by atoms with E-state index in [9.17, 15) is 0 Å². The van der Waals surface area contributed by atoms with Crippen LogP contribution in [-0.2, 0) is 12.8 Å². The predicted molar refractivity (Wildman–Crippen MR) is 61.3 cm³/mol. The van der Waals surface area contributed by atoms with E-state index in [1.54, 1.807) is 0 Å². The topological polar surface area (TPSA) is 41.1 Å². The van der Waals surface area contributed by atoms with Crippen molar-refractivity contribution >= 4 is 5.82 Å². The normalized spacial score (nSPS) is 15.6. The third kappa shape index (κ3) is 2.26. The molecule has 4 nitrogen and oxygen atoms in total. The minimum absolute atomic E-state index is 0.964. The van der Waals surface area contributed by atoms with Gasteiger partial charge in [0.1, 0.15) is 5.82 Å². The number of fused-ring (bicyclic) bond motifs is 1. The number of hydrogen-bond acceptors (Lipinski definition) is 4. The number of nitrogens with zero attached hydrogens (tertiary/aromatic N) is 3. The van der Waals surface area contributed by atoms with Crippen molar-refractivity contribution in [1.29, 1.82) is 0 Å². The van der Waals surface area contributed by atoms with Gasteiger partial charge in [0.2, 0.25) is 0 Å². The summed E-state index contributed by atoms with van der Waals surface area (Å²) in [5, 5.41) is 3.36. The van der Waals surface area contributed by atoms with Gasteiger partial charge in [-0.1, -0.05) is 0 Å². The van der Waals surface area contributed by atoms with Crippen LogP contribution in [0.4, 0.5) is 5.82 Å². The molecule has 1 aliphatic rings. The summed E-state index contributed by atoms with van der Waals surface area (Å²) in [6, 6.07) is 0. The van der Waals surface area contributed by atoms with E-state index >= 15 is 0 Å². The van der Waals surface area contributed by atoms with Crippen LogP contribution in [0.15, 0.2) is 6.20 Å². The zero-order valence-corrected chi connectivity index (χ0v) is 9.45. The van der Waals surface area contributed by atoms with Crippen molar-refractivity contribution in [2.24, 2.45) is 0 Å². The van der Waals surface area contributed by atoms with Crippen LogP contribution in [0.2, 0.25) is 0 Å². The van der Waals surface area contributed by atoms with Crippen LogP contribution < -0.4 is 10.2 Å². The van der Waals surface area contributed by atoms with E-state index in [1.165, 1.54) is 0 Å². The lowest BCUT2D eigenvalue weighted by Gasteiger charge is -2.16. The van der Waals surface area contributed by atoms with E-state index in [-0.39, 0.29) is 0 Å². The van der Waals surface area contributed by atoms with Crippen LogP contribution in [-0.4, -0.2) is 36.6 Å². The summed E-state index contributed by atoms with van der Waals surface area (Å²) in [6.07, 6.45) is 3.87. The first-order valence-electron chi connectivity index (χ1n) is 5.58. The Labute approximate surface area is 90.7 Å². The van der Waals surface area contributed by atoms with Crippen molar-refractivity contribution in [3.05, 3.63) is 17.6 Å². The van der Waals surface area contributed by atoms with E-state index < -0.39 is 0 Å². The van der Waals surface area contributed by atoms with Crippen molar-refractivity contribution < 1.29 is 0 Å². The first-order valence-corrected chi connectivity index (χ1v) is 5.58. The molecule has 0 unspecified atom stereocenters. The van der Waals surface area contributed by atoms with Gasteiger partial charge in [-0.3, -0.25) is 4.98 Å². The average Bonchev–Trinajstić information content (AvgIpc) is 2.51.